The third kappa shape index (κ3) is 5.51. The lowest BCUT2D eigenvalue weighted by atomic mass is 9.87. The second kappa shape index (κ2) is 7.49. The molecule has 0 aromatic rings. The maximum atomic E-state index is 13.1. The van der Waals surface area contributed by atoms with Crippen LogP contribution in [0.15, 0.2) is 0 Å². The number of alkyl halides is 2. The summed E-state index contributed by atoms with van der Waals surface area (Å²) in [4.78, 5) is 13.8. The summed E-state index contributed by atoms with van der Waals surface area (Å²) in [6.07, 6.45) is 1.13. The number of nitrogens with zero attached hydrogens (tertiary/aromatic N) is 1. The van der Waals surface area contributed by atoms with Gasteiger partial charge < -0.3 is 14.4 Å². The van der Waals surface area contributed by atoms with Crippen LogP contribution in [-0.2, 0) is 14.3 Å². The van der Waals surface area contributed by atoms with E-state index < -0.39 is 5.92 Å². The maximum Gasteiger partial charge on any atom is 0.248 e. The number of hydrogen-bond acceptors (Lipinski definition) is 3. The van der Waals surface area contributed by atoms with Gasteiger partial charge in [-0.15, -0.1) is 0 Å². The van der Waals surface area contributed by atoms with Crippen LogP contribution in [0.5, 0.6) is 0 Å². The quantitative estimate of drug-likeness (QED) is 0.783. The molecule has 21 heavy (non-hydrogen) atoms. The van der Waals surface area contributed by atoms with Crippen molar-refractivity contribution in [1.82, 2.24) is 4.90 Å². The van der Waals surface area contributed by atoms with E-state index in [4.69, 9.17) is 9.47 Å². The molecule has 0 radical (unpaired) electrons. The third-order valence-corrected chi connectivity index (χ3v) is 4.28. The predicted molar refractivity (Wildman–Crippen MR) is 74.3 cm³/mol. The van der Waals surface area contributed by atoms with Gasteiger partial charge in [-0.25, -0.2) is 8.78 Å². The van der Waals surface area contributed by atoms with E-state index in [1.807, 2.05) is 6.92 Å². The molecule has 0 aromatic carbocycles. The lowest BCUT2D eigenvalue weighted by Crippen LogP contribution is -2.42. The molecule has 1 heterocycles. The van der Waals surface area contributed by atoms with E-state index in [1.165, 1.54) is 0 Å². The van der Waals surface area contributed by atoms with Crippen molar-refractivity contribution < 1.29 is 23.0 Å². The van der Waals surface area contributed by atoms with Gasteiger partial charge in [-0.3, -0.25) is 4.79 Å². The maximum absolute atomic E-state index is 13.1. The number of halogens is 2. The van der Waals surface area contributed by atoms with Gasteiger partial charge in [-0.2, -0.15) is 0 Å². The third-order valence-electron chi connectivity index (χ3n) is 4.28. The number of rotatable bonds is 5. The van der Waals surface area contributed by atoms with Crippen molar-refractivity contribution >= 4 is 5.91 Å². The molecule has 2 rings (SSSR count). The van der Waals surface area contributed by atoms with Crippen LogP contribution >= 0.6 is 0 Å². The highest BCUT2D eigenvalue weighted by Crippen LogP contribution is 2.36. The summed E-state index contributed by atoms with van der Waals surface area (Å²) in [5, 5.41) is 0. The second-order valence-corrected chi connectivity index (χ2v) is 6.14. The van der Waals surface area contributed by atoms with Crippen LogP contribution < -0.4 is 0 Å². The molecule has 1 amide bonds. The van der Waals surface area contributed by atoms with Gasteiger partial charge in [-0.1, -0.05) is 0 Å². The molecule has 4 nitrogen and oxygen atoms in total. The van der Waals surface area contributed by atoms with Gasteiger partial charge in [0.2, 0.25) is 11.8 Å². The first-order valence-electron chi connectivity index (χ1n) is 7.81. The van der Waals surface area contributed by atoms with Crippen LogP contribution in [0.2, 0.25) is 0 Å². The summed E-state index contributed by atoms with van der Waals surface area (Å²) in [6, 6.07) is 0. The molecule has 1 atom stereocenters. The molecule has 0 spiro atoms. The van der Waals surface area contributed by atoms with Gasteiger partial charge in [0, 0.05) is 32.5 Å². The van der Waals surface area contributed by atoms with E-state index in [9.17, 15) is 13.6 Å². The minimum atomic E-state index is -2.49. The first kappa shape index (κ1) is 16.6. The van der Waals surface area contributed by atoms with Crippen LogP contribution in [0.25, 0.3) is 0 Å². The smallest absolute Gasteiger partial charge is 0.248 e. The van der Waals surface area contributed by atoms with Crippen molar-refractivity contribution in [3.8, 4) is 0 Å². The summed E-state index contributed by atoms with van der Waals surface area (Å²) < 4.78 is 37.0. The van der Waals surface area contributed by atoms with Crippen LogP contribution in [0.3, 0.4) is 0 Å². The highest BCUT2D eigenvalue weighted by atomic mass is 19.3. The molecule has 1 aliphatic carbocycles. The van der Waals surface area contributed by atoms with Gasteiger partial charge in [0.15, 0.2) is 0 Å². The van der Waals surface area contributed by atoms with Gasteiger partial charge in [0.05, 0.1) is 25.7 Å². The number of ether oxygens (including phenoxy) is 2. The van der Waals surface area contributed by atoms with Crippen molar-refractivity contribution in [2.45, 2.75) is 51.1 Å². The van der Waals surface area contributed by atoms with E-state index in [1.54, 1.807) is 4.90 Å². The Kier molecular flexibility index (Phi) is 5.93. The minimum absolute atomic E-state index is 0.0396. The van der Waals surface area contributed by atoms with Gasteiger partial charge >= 0.3 is 0 Å². The molecule has 2 aliphatic rings. The zero-order valence-electron chi connectivity index (χ0n) is 12.7. The average molecular weight is 305 g/mol. The molecule has 1 unspecified atom stereocenters. The highest BCUT2D eigenvalue weighted by Gasteiger charge is 2.35. The molecule has 122 valence electrons. The Bertz CT molecular complexity index is 336. The fourth-order valence-electron chi connectivity index (χ4n) is 2.81. The number of hydrogen-bond donors (Lipinski definition) is 0. The molecule has 0 bridgehead atoms. The second-order valence-electron chi connectivity index (χ2n) is 6.14. The monoisotopic (exact) mass is 305 g/mol. The summed E-state index contributed by atoms with van der Waals surface area (Å²) in [6.45, 7) is 4.82. The SMILES string of the molecule is CC(CC(=O)N1CCOCC1)OCC1CCC(F)(F)CC1. The molecule has 0 aromatic heterocycles. The first-order valence-corrected chi connectivity index (χ1v) is 7.81. The van der Waals surface area contributed by atoms with E-state index in [0.29, 0.717) is 52.2 Å². The van der Waals surface area contributed by atoms with E-state index in [-0.39, 0.29) is 30.8 Å². The van der Waals surface area contributed by atoms with Gasteiger partial charge in [-0.05, 0) is 25.7 Å². The lowest BCUT2D eigenvalue weighted by Gasteiger charge is -2.30. The summed E-state index contributed by atoms with van der Waals surface area (Å²) in [5.74, 6) is -2.21. The Balaban J connectivity index is 1.63. The van der Waals surface area contributed by atoms with E-state index >= 15 is 0 Å². The topological polar surface area (TPSA) is 38.8 Å². The van der Waals surface area contributed by atoms with Crippen molar-refractivity contribution in [2.24, 2.45) is 5.92 Å². The Hall–Kier alpha value is -0.750. The van der Waals surface area contributed by atoms with Crippen molar-refractivity contribution in [2.75, 3.05) is 32.9 Å². The normalized spacial score (nSPS) is 24.8. The van der Waals surface area contributed by atoms with E-state index in [2.05, 4.69) is 0 Å². The Morgan fingerprint density at radius 2 is 1.95 bits per heavy atom. The van der Waals surface area contributed by atoms with Crippen molar-refractivity contribution in [1.29, 1.82) is 0 Å². The zero-order chi connectivity index (χ0) is 15.3. The molecular weight excluding hydrogens is 280 g/mol. The molecule has 0 N–H and O–H groups in total. The zero-order valence-corrected chi connectivity index (χ0v) is 12.7. The minimum Gasteiger partial charge on any atom is -0.378 e. The number of carbonyl (C=O) groups is 1. The van der Waals surface area contributed by atoms with Crippen LogP contribution in [-0.4, -0.2) is 55.7 Å². The average Bonchev–Trinajstić information content (AvgIpc) is 2.47. The van der Waals surface area contributed by atoms with Gasteiger partial charge in [0.25, 0.3) is 0 Å². The Morgan fingerprint density at radius 3 is 2.57 bits per heavy atom. The Labute approximate surface area is 124 Å². The molecule has 1 saturated carbocycles. The highest BCUT2D eigenvalue weighted by molar-refractivity contribution is 5.76. The standard InChI is InChI=1S/C15H25F2NO3/c1-12(10-14(19)18-6-8-20-9-7-18)21-11-13-2-4-15(16,17)5-3-13/h12-13H,2-11H2,1H3. The Morgan fingerprint density at radius 1 is 1.33 bits per heavy atom. The predicted octanol–water partition coefficient (Wildman–Crippen LogP) is 2.47. The van der Waals surface area contributed by atoms with Crippen LogP contribution in [0, 0.1) is 5.92 Å². The largest absolute Gasteiger partial charge is 0.378 e. The van der Waals surface area contributed by atoms with Crippen LogP contribution in [0.1, 0.15) is 39.0 Å². The number of amides is 1. The number of morpholine rings is 1. The number of carbonyl (C=O) groups excluding carboxylic acids is 1. The molecule has 1 saturated heterocycles. The fraction of sp³-hybridized carbons (Fsp3) is 0.933. The molecule has 6 heteroatoms. The summed E-state index contributed by atoms with van der Waals surface area (Å²) in [5.41, 5.74) is 0. The first-order chi connectivity index (χ1) is 9.96. The fourth-order valence-corrected chi connectivity index (χ4v) is 2.81. The lowest BCUT2D eigenvalue weighted by molar-refractivity contribution is -0.138. The van der Waals surface area contributed by atoms with Crippen molar-refractivity contribution in [3.05, 3.63) is 0 Å². The molecular formula is C15H25F2NO3. The summed E-state index contributed by atoms with van der Waals surface area (Å²) >= 11 is 0. The molecule has 1 aliphatic heterocycles. The van der Waals surface area contributed by atoms with E-state index in [0.717, 1.165) is 0 Å². The van der Waals surface area contributed by atoms with Crippen molar-refractivity contribution in [3.63, 3.8) is 0 Å². The molecule has 2 fully saturated rings. The van der Waals surface area contributed by atoms with Crippen LogP contribution in [0.4, 0.5) is 8.78 Å². The summed E-state index contributed by atoms with van der Waals surface area (Å²) in [7, 11) is 0. The van der Waals surface area contributed by atoms with Gasteiger partial charge in [0.1, 0.15) is 0 Å².